The van der Waals surface area contributed by atoms with Gasteiger partial charge in [-0.3, -0.25) is 4.90 Å². The molecule has 6 heteroatoms. The van der Waals surface area contributed by atoms with E-state index in [9.17, 15) is 4.79 Å². The summed E-state index contributed by atoms with van der Waals surface area (Å²) < 4.78 is 6.15. The van der Waals surface area contributed by atoms with Crippen LogP contribution in [0.4, 0.5) is 0 Å². The molecule has 0 bridgehead atoms. The van der Waals surface area contributed by atoms with Crippen LogP contribution in [0.1, 0.15) is 18.5 Å². The highest BCUT2D eigenvalue weighted by molar-refractivity contribution is 9.10. The van der Waals surface area contributed by atoms with Crippen molar-refractivity contribution in [3.8, 4) is 0 Å². The predicted molar refractivity (Wildman–Crippen MR) is 76.5 cm³/mol. The molecule has 0 saturated carbocycles. The number of ether oxygens (including phenoxy) is 1. The van der Waals surface area contributed by atoms with Crippen LogP contribution in [0.3, 0.4) is 0 Å². The molecule has 0 amide bonds. The van der Waals surface area contributed by atoms with Gasteiger partial charge in [0.25, 0.3) is 0 Å². The first-order chi connectivity index (χ1) is 8.99. The Morgan fingerprint density at radius 1 is 1.63 bits per heavy atom. The lowest BCUT2D eigenvalue weighted by Crippen LogP contribution is -2.46. The number of hydrogen-bond donors (Lipinski definition) is 1. The van der Waals surface area contributed by atoms with Gasteiger partial charge < -0.3 is 9.84 Å². The van der Waals surface area contributed by atoms with E-state index >= 15 is 0 Å². The fourth-order valence-corrected chi connectivity index (χ4v) is 3.04. The summed E-state index contributed by atoms with van der Waals surface area (Å²) in [4.78, 5) is 13.1. The highest BCUT2D eigenvalue weighted by Gasteiger charge is 2.29. The minimum atomic E-state index is -0.918. The molecule has 0 aromatic heterocycles. The number of rotatable bonds is 3. The van der Waals surface area contributed by atoms with Gasteiger partial charge in [-0.1, -0.05) is 33.6 Å². The molecule has 2 atom stereocenters. The SMILES string of the molecule is CC(c1ccc(Br)cc1Cl)N1CCOC(C(=O)O)C1. The molecule has 0 aliphatic carbocycles. The lowest BCUT2D eigenvalue weighted by Gasteiger charge is -2.35. The first-order valence-electron chi connectivity index (χ1n) is 6.02. The van der Waals surface area contributed by atoms with E-state index in [-0.39, 0.29) is 6.04 Å². The van der Waals surface area contributed by atoms with E-state index in [0.717, 1.165) is 10.0 Å². The Kier molecular flexibility index (Phi) is 4.84. The summed E-state index contributed by atoms with van der Waals surface area (Å²) in [5, 5.41) is 9.70. The summed E-state index contributed by atoms with van der Waals surface area (Å²) in [6.45, 7) is 3.54. The van der Waals surface area contributed by atoms with Crippen LogP contribution in [-0.2, 0) is 9.53 Å². The topological polar surface area (TPSA) is 49.8 Å². The summed E-state index contributed by atoms with van der Waals surface area (Å²) in [5.41, 5.74) is 0.996. The van der Waals surface area contributed by atoms with Crippen molar-refractivity contribution in [2.24, 2.45) is 0 Å². The molecule has 4 nitrogen and oxygen atoms in total. The Balaban J connectivity index is 2.14. The highest BCUT2D eigenvalue weighted by atomic mass is 79.9. The summed E-state index contributed by atoms with van der Waals surface area (Å²) in [6.07, 6.45) is -0.759. The van der Waals surface area contributed by atoms with Crippen LogP contribution >= 0.6 is 27.5 Å². The minimum absolute atomic E-state index is 0.0614. The number of morpholine rings is 1. The second-order valence-electron chi connectivity index (χ2n) is 4.53. The summed E-state index contributed by atoms with van der Waals surface area (Å²) in [6, 6.07) is 5.81. The third-order valence-corrected chi connectivity index (χ3v) is 4.15. The van der Waals surface area contributed by atoms with Gasteiger partial charge in [-0.25, -0.2) is 4.79 Å². The van der Waals surface area contributed by atoms with Gasteiger partial charge in [0, 0.05) is 28.6 Å². The van der Waals surface area contributed by atoms with E-state index in [2.05, 4.69) is 20.8 Å². The molecule has 19 heavy (non-hydrogen) atoms. The number of nitrogens with zero attached hydrogens (tertiary/aromatic N) is 1. The van der Waals surface area contributed by atoms with Crippen molar-refractivity contribution in [1.82, 2.24) is 4.90 Å². The molecule has 2 rings (SSSR count). The maximum absolute atomic E-state index is 11.0. The van der Waals surface area contributed by atoms with Crippen LogP contribution in [0.5, 0.6) is 0 Å². The van der Waals surface area contributed by atoms with Crippen LogP contribution in [0.2, 0.25) is 5.02 Å². The van der Waals surface area contributed by atoms with Crippen molar-refractivity contribution in [3.63, 3.8) is 0 Å². The standard InChI is InChI=1S/C13H15BrClNO3/c1-8(10-3-2-9(14)6-11(10)15)16-4-5-19-12(7-16)13(17)18/h2-3,6,8,12H,4-5,7H2,1H3,(H,17,18). The monoisotopic (exact) mass is 347 g/mol. The molecular weight excluding hydrogens is 334 g/mol. The van der Waals surface area contributed by atoms with E-state index in [4.69, 9.17) is 21.4 Å². The second kappa shape index (κ2) is 6.22. The number of aliphatic carboxylic acids is 1. The quantitative estimate of drug-likeness (QED) is 0.912. The van der Waals surface area contributed by atoms with Crippen molar-refractivity contribution in [1.29, 1.82) is 0 Å². The molecule has 1 heterocycles. The molecule has 1 aliphatic heterocycles. The van der Waals surface area contributed by atoms with Gasteiger partial charge in [-0.15, -0.1) is 0 Å². The molecule has 1 aromatic carbocycles. The molecule has 0 radical (unpaired) electrons. The highest BCUT2D eigenvalue weighted by Crippen LogP contribution is 2.30. The fraction of sp³-hybridized carbons (Fsp3) is 0.462. The predicted octanol–water partition coefficient (Wildman–Crippen LogP) is 2.95. The molecule has 1 aliphatic rings. The number of halogens is 2. The zero-order valence-corrected chi connectivity index (χ0v) is 12.8. The number of benzene rings is 1. The number of hydrogen-bond acceptors (Lipinski definition) is 3. The van der Waals surface area contributed by atoms with Gasteiger partial charge in [-0.05, 0) is 24.6 Å². The molecule has 1 aromatic rings. The molecule has 2 unspecified atom stereocenters. The zero-order valence-electron chi connectivity index (χ0n) is 10.5. The second-order valence-corrected chi connectivity index (χ2v) is 5.86. The summed E-state index contributed by atoms with van der Waals surface area (Å²) in [7, 11) is 0. The Morgan fingerprint density at radius 2 is 2.37 bits per heavy atom. The van der Waals surface area contributed by atoms with E-state index in [0.29, 0.717) is 24.7 Å². The van der Waals surface area contributed by atoms with E-state index in [1.54, 1.807) is 0 Å². The van der Waals surface area contributed by atoms with Gasteiger partial charge in [0.05, 0.1) is 6.61 Å². The van der Waals surface area contributed by atoms with Crippen molar-refractivity contribution < 1.29 is 14.6 Å². The fourth-order valence-electron chi connectivity index (χ4n) is 2.21. The minimum Gasteiger partial charge on any atom is -0.479 e. The van der Waals surface area contributed by atoms with Crippen LogP contribution in [-0.4, -0.2) is 41.8 Å². The van der Waals surface area contributed by atoms with Crippen molar-refractivity contribution in [2.45, 2.75) is 19.1 Å². The lowest BCUT2D eigenvalue weighted by molar-refractivity contribution is -0.157. The molecular formula is C13H15BrClNO3. The Morgan fingerprint density at radius 3 is 3.00 bits per heavy atom. The number of carboxylic acid groups (broad SMARTS) is 1. The third kappa shape index (κ3) is 3.48. The average Bonchev–Trinajstić information content (AvgIpc) is 2.38. The molecule has 1 saturated heterocycles. The summed E-state index contributed by atoms with van der Waals surface area (Å²) in [5.74, 6) is -0.918. The number of carboxylic acids is 1. The maximum atomic E-state index is 11.0. The number of carbonyl (C=O) groups is 1. The Labute approximate surface area is 125 Å². The van der Waals surface area contributed by atoms with Gasteiger partial charge in [-0.2, -0.15) is 0 Å². The van der Waals surface area contributed by atoms with Crippen LogP contribution in [0.15, 0.2) is 22.7 Å². The third-order valence-electron chi connectivity index (χ3n) is 3.33. The van der Waals surface area contributed by atoms with Gasteiger partial charge in [0.1, 0.15) is 0 Å². The zero-order chi connectivity index (χ0) is 14.0. The Hall–Kier alpha value is -0.620. The van der Waals surface area contributed by atoms with E-state index in [1.807, 2.05) is 25.1 Å². The van der Waals surface area contributed by atoms with Gasteiger partial charge in [0.15, 0.2) is 6.10 Å². The first kappa shape index (κ1) is 14.8. The van der Waals surface area contributed by atoms with Crippen LogP contribution in [0.25, 0.3) is 0 Å². The average molecular weight is 349 g/mol. The van der Waals surface area contributed by atoms with Crippen LogP contribution < -0.4 is 0 Å². The Bertz CT molecular complexity index is 483. The smallest absolute Gasteiger partial charge is 0.334 e. The molecule has 0 spiro atoms. The van der Waals surface area contributed by atoms with E-state index in [1.165, 1.54) is 0 Å². The maximum Gasteiger partial charge on any atom is 0.334 e. The summed E-state index contributed by atoms with van der Waals surface area (Å²) >= 11 is 9.61. The lowest BCUT2D eigenvalue weighted by atomic mass is 10.1. The molecule has 1 N–H and O–H groups in total. The normalized spacial score (nSPS) is 22.2. The van der Waals surface area contributed by atoms with Crippen LogP contribution in [0, 0.1) is 0 Å². The van der Waals surface area contributed by atoms with Gasteiger partial charge >= 0.3 is 5.97 Å². The first-order valence-corrected chi connectivity index (χ1v) is 7.19. The molecule has 1 fully saturated rings. The van der Waals surface area contributed by atoms with Crippen molar-refractivity contribution >= 4 is 33.5 Å². The molecule has 104 valence electrons. The van der Waals surface area contributed by atoms with E-state index < -0.39 is 12.1 Å². The van der Waals surface area contributed by atoms with Gasteiger partial charge in [0.2, 0.25) is 0 Å². The van der Waals surface area contributed by atoms with Crippen molar-refractivity contribution in [3.05, 3.63) is 33.3 Å². The largest absolute Gasteiger partial charge is 0.479 e. The van der Waals surface area contributed by atoms with Crippen molar-refractivity contribution in [2.75, 3.05) is 19.7 Å².